The van der Waals surface area contributed by atoms with Crippen molar-refractivity contribution in [2.75, 3.05) is 6.61 Å². The second-order valence-corrected chi connectivity index (χ2v) is 9.57. The third-order valence-corrected chi connectivity index (χ3v) is 5.74. The third kappa shape index (κ3) is 20.4. The monoisotopic (exact) mass is 346 g/mol. The molecule has 0 rings (SSSR count). The van der Waals surface area contributed by atoms with Gasteiger partial charge in [0, 0.05) is 6.61 Å². The molecule has 0 aliphatic carbocycles. The number of rotatable bonds is 19. The lowest BCUT2D eigenvalue weighted by Crippen LogP contribution is -2.03. The van der Waals surface area contributed by atoms with Gasteiger partial charge in [0.05, 0.1) is 0 Å². The van der Waals surface area contributed by atoms with Crippen LogP contribution in [0.3, 0.4) is 0 Å². The van der Waals surface area contributed by atoms with E-state index < -0.39 is 10.0 Å². The number of hydrogen-bond donors (Lipinski definition) is 0. The summed E-state index contributed by atoms with van der Waals surface area (Å²) in [6, 6.07) is 0. The van der Waals surface area contributed by atoms with Gasteiger partial charge >= 0.3 is 0 Å². The molecule has 0 radical (unpaired) electrons. The van der Waals surface area contributed by atoms with Gasteiger partial charge in [-0.05, 0) is 6.42 Å². The summed E-state index contributed by atoms with van der Waals surface area (Å²) in [6.07, 6.45) is 22.8. The number of hydrogen-bond acceptors (Lipinski definition) is 2. The smallest absolute Gasteiger partial charge is 0.293 e. The molecule has 0 fully saturated rings. The first-order chi connectivity index (χ1) is 10.9. The highest BCUT2D eigenvalue weighted by molar-refractivity contribution is 6.27. The van der Waals surface area contributed by atoms with Crippen molar-refractivity contribution in [1.29, 1.82) is 0 Å². The van der Waals surface area contributed by atoms with Gasteiger partial charge < -0.3 is 8.54 Å². The van der Waals surface area contributed by atoms with Gasteiger partial charge in [-0.15, -0.1) is 0 Å². The first kappa shape index (κ1) is 22.4. The molecule has 0 bridgehead atoms. The normalized spacial score (nSPS) is 11.9. The summed E-state index contributed by atoms with van der Waals surface area (Å²) in [5.41, 5.74) is 0. The van der Waals surface area contributed by atoms with Gasteiger partial charge in [0.1, 0.15) is 10.5 Å². The Morgan fingerprint density at radius 1 is 0.591 bits per heavy atom. The molecule has 0 heterocycles. The van der Waals surface area contributed by atoms with Crippen LogP contribution in [0.2, 0.25) is 0 Å². The van der Waals surface area contributed by atoms with Crippen LogP contribution < -0.4 is 0 Å². The van der Waals surface area contributed by atoms with Gasteiger partial charge in [0.25, 0.3) is 10.0 Å². The molecule has 4 heteroatoms. The molecule has 22 heavy (non-hydrogen) atoms. The van der Waals surface area contributed by atoms with Crippen molar-refractivity contribution >= 4 is 20.5 Å². The van der Waals surface area contributed by atoms with E-state index in [9.17, 15) is 0 Å². The quantitative estimate of drug-likeness (QED) is 0.252. The zero-order valence-electron chi connectivity index (χ0n) is 15.5. The lowest BCUT2D eigenvalue weighted by Gasteiger charge is -2.04. The van der Waals surface area contributed by atoms with Gasteiger partial charge in [0.2, 0.25) is 0 Å². The summed E-state index contributed by atoms with van der Waals surface area (Å²) >= 11 is 0. The molecule has 0 aromatic carbocycles. The van der Waals surface area contributed by atoms with E-state index in [4.69, 9.17) is 8.54 Å². The molecule has 0 saturated heterocycles. The molecule has 0 spiro atoms. The van der Waals surface area contributed by atoms with Gasteiger partial charge in [-0.3, -0.25) is 0 Å². The van der Waals surface area contributed by atoms with Gasteiger partial charge in [-0.25, -0.2) is 0 Å². The van der Waals surface area contributed by atoms with Crippen molar-refractivity contribution < 1.29 is 8.54 Å². The largest absolute Gasteiger partial charge is 0.449 e. The summed E-state index contributed by atoms with van der Waals surface area (Å²) in [6.45, 7) is 3.23. The third-order valence-electron chi connectivity index (χ3n) is 4.34. The molecule has 0 amide bonds. The fraction of sp³-hybridized carbons (Fsp3) is 1.00. The van der Waals surface area contributed by atoms with Crippen LogP contribution >= 0.6 is 0 Å². The second-order valence-electron chi connectivity index (χ2n) is 6.62. The van der Waals surface area contributed by atoms with Crippen LogP contribution in [-0.2, 0) is 8.54 Å². The fourth-order valence-corrected chi connectivity index (χ4v) is 3.88. The average molecular weight is 347 g/mol. The summed E-state index contributed by atoms with van der Waals surface area (Å²) < 4.78 is 10.6. The first-order valence-electron chi connectivity index (χ1n) is 9.98. The molecule has 0 aliphatic rings. The molecular weight excluding hydrogens is 304 g/mol. The SMILES string of the molecule is CCCCCCCCCCCCCCCCCCO[SiH2]O[SiH3]. The fourth-order valence-electron chi connectivity index (χ4n) is 2.89. The average Bonchev–Trinajstić information content (AvgIpc) is 2.54. The van der Waals surface area contributed by atoms with Crippen LogP contribution in [0.15, 0.2) is 0 Å². The lowest BCUT2D eigenvalue weighted by atomic mass is 10.0. The Bertz CT molecular complexity index is 172. The second kappa shape index (κ2) is 21.4. The highest BCUT2D eigenvalue weighted by Crippen LogP contribution is 2.13. The van der Waals surface area contributed by atoms with Gasteiger partial charge in [-0.1, -0.05) is 103 Å². The predicted octanol–water partition coefficient (Wildman–Crippen LogP) is 4.56. The van der Waals surface area contributed by atoms with Crippen LogP contribution in [0.4, 0.5) is 0 Å². The Balaban J connectivity index is 2.91. The zero-order valence-corrected chi connectivity index (χ0v) is 19.0. The Hall–Kier alpha value is 0.354. The Kier molecular flexibility index (Phi) is 21.7. The van der Waals surface area contributed by atoms with Crippen LogP contribution in [0.1, 0.15) is 110 Å². The van der Waals surface area contributed by atoms with E-state index >= 15 is 0 Å². The molecule has 0 saturated carbocycles. The van der Waals surface area contributed by atoms with Gasteiger partial charge in [0.15, 0.2) is 0 Å². The zero-order chi connectivity index (χ0) is 16.1. The van der Waals surface area contributed by atoms with Crippen LogP contribution in [0.5, 0.6) is 0 Å². The minimum Gasteiger partial charge on any atom is -0.449 e. The molecule has 0 N–H and O–H groups in total. The van der Waals surface area contributed by atoms with E-state index in [-0.39, 0.29) is 0 Å². The molecular formula is C18H42O2Si2. The molecule has 0 aliphatic heterocycles. The highest BCUT2D eigenvalue weighted by Gasteiger charge is 1.94. The van der Waals surface area contributed by atoms with E-state index in [0.29, 0.717) is 0 Å². The Morgan fingerprint density at radius 3 is 1.32 bits per heavy atom. The standard InChI is InChI=1S/C18H42O2Si2/c1-2-3-4-5-6-7-8-9-10-11-12-13-14-15-16-17-18-19-22-20-21/h2-18,22H2,1,21H3. The minimum absolute atomic E-state index is 0.582. The van der Waals surface area contributed by atoms with Crippen molar-refractivity contribution in [2.24, 2.45) is 0 Å². The van der Waals surface area contributed by atoms with Crippen molar-refractivity contribution in [1.82, 2.24) is 0 Å². The molecule has 0 unspecified atom stereocenters. The first-order valence-corrected chi connectivity index (χ1v) is 12.0. The van der Waals surface area contributed by atoms with E-state index in [1.54, 1.807) is 0 Å². The molecule has 0 aromatic rings. The summed E-state index contributed by atoms with van der Waals surface area (Å²) in [5, 5.41) is 0. The van der Waals surface area contributed by atoms with Crippen LogP contribution in [-0.4, -0.2) is 27.1 Å². The van der Waals surface area contributed by atoms with Crippen LogP contribution in [0.25, 0.3) is 0 Å². The lowest BCUT2D eigenvalue weighted by molar-refractivity contribution is 0.284. The number of unbranched alkanes of at least 4 members (excludes halogenated alkanes) is 15. The van der Waals surface area contributed by atoms with E-state index in [1.165, 1.54) is 103 Å². The van der Waals surface area contributed by atoms with Crippen molar-refractivity contribution in [2.45, 2.75) is 110 Å². The highest BCUT2D eigenvalue weighted by atomic mass is 28.3. The van der Waals surface area contributed by atoms with Crippen molar-refractivity contribution in [3.05, 3.63) is 0 Å². The van der Waals surface area contributed by atoms with E-state index in [2.05, 4.69) is 6.92 Å². The predicted molar refractivity (Wildman–Crippen MR) is 105 cm³/mol. The van der Waals surface area contributed by atoms with Crippen molar-refractivity contribution in [3.63, 3.8) is 0 Å². The maximum atomic E-state index is 5.45. The minimum atomic E-state index is -0.582. The molecule has 0 atom stereocenters. The van der Waals surface area contributed by atoms with Crippen LogP contribution in [0, 0.1) is 0 Å². The summed E-state index contributed by atoms with van der Waals surface area (Å²) in [5.74, 6) is 0. The summed E-state index contributed by atoms with van der Waals surface area (Å²) in [7, 11) is 0.264. The summed E-state index contributed by atoms with van der Waals surface area (Å²) in [4.78, 5) is 0. The Labute approximate surface area is 145 Å². The topological polar surface area (TPSA) is 18.5 Å². The molecule has 2 nitrogen and oxygen atoms in total. The maximum Gasteiger partial charge on any atom is 0.293 e. The molecule has 134 valence electrons. The van der Waals surface area contributed by atoms with E-state index in [0.717, 1.165) is 17.1 Å². The maximum absolute atomic E-state index is 5.45. The van der Waals surface area contributed by atoms with E-state index in [1.807, 2.05) is 0 Å². The van der Waals surface area contributed by atoms with Gasteiger partial charge in [-0.2, -0.15) is 0 Å². The Morgan fingerprint density at radius 2 is 0.955 bits per heavy atom. The van der Waals surface area contributed by atoms with Crippen molar-refractivity contribution in [3.8, 4) is 0 Å². The molecule has 0 aromatic heterocycles.